The van der Waals surface area contributed by atoms with Crippen LogP contribution in [0.1, 0.15) is 17.5 Å². The van der Waals surface area contributed by atoms with E-state index in [0.29, 0.717) is 0 Å². The van der Waals surface area contributed by atoms with Crippen LogP contribution in [0.15, 0.2) is 24.3 Å². The summed E-state index contributed by atoms with van der Waals surface area (Å²) in [6.45, 7) is 5.72. The zero-order valence-electron chi connectivity index (χ0n) is 10.6. The first-order valence-electron chi connectivity index (χ1n) is 6.38. The summed E-state index contributed by atoms with van der Waals surface area (Å²) in [5.74, 6) is 0. The van der Waals surface area contributed by atoms with Crippen LogP contribution in [-0.2, 0) is 13.2 Å². The third kappa shape index (κ3) is 3.53. The molecule has 1 heterocycles. The lowest BCUT2D eigenvalue weighted by molar-refractivity contribution is 0.258. The van der Waals surface area contributed by atoms with Crippen molar-refractivity contribution in [2.75, 3.05) is 33.2 Å². The average Bonchev–Trinajstić information content (AvgIpc) is 2.55. The predicted octanol–water partition coefficient (Wildman–Crippen LogP) is 1.32. The van der Waals surface area contributed by atoms with Gasteiger partial charge in [0.05, 0.1) is 6.61 Å². The first kappa shape index (κ1) is 12.6. The highest BCUT2D eigenvalue weighted by Gasteiger charge is 2.13. The summed E-state index contributed by atoms with van der Waals surface area (Å²) < 4.78 is 0. The Labute approximate surface area is 104 Å². The molecule has 0 bridgehead atoms. The molecule has 2 rings (SSSR count). The Hall–Kier alpha value is -0.900. The smallest absolute Gasteiger partial charge is 0.0685 e. The molecule has 0 spiro atoms. The molecule has 1 aromatic rings. The number of likely N-dealkylation sites (N-methyl/N-ethyl adjacent to an activating group) is 1. The molecular formula is C14H22N2O. The maximum atomic E-state index is 9.32. The molecule has 1 aromatic carbocycles. The molecule has 1 aliphatic rings. The number of aliphatic hydroxyl groups excluding tert-OH is 1. The predicted molar refractivity (Wildman–Crippen MR) is 69.8 cm³/mol. The van der Waals surface area contributed by atoms with E-state index in [1.807, 2.05) is 12.1 Å². The number of hydrogen-bond acceptors (Lipinski definition) is 3. The Balaban J connectivity index is 1.99. The molecule has 0 radical (unpaired) electrons. The molecule has 0 aromatic heterocycles. The van der Waals surface area contributed by atoms with Crippen molar-refractivity contribution in [2.24, 2.45) is 0 Å². The summed E-state index contributed by atoms with van der Waals surface area (Å²) in [5.41, 5.74) is 2.32. The lowest BCUT2D eigenvalue weighted by Gasteiger charge is -2.21. The van der Waals surface area contributed by atoms with E-state index < -0.39 is 0 Å². The van der Waals surface area contributed by atoms with Gasteiger partial charge in [-0.15, -0.1) is 0 Å². The minimum atomic E-state index is 0.143. The van der Waals surface area contributed by atoms with Gasteiger partial charge in [-0.05, 0) is 37.7 Å². The van der Waals surface area contributed by atoms with Gasteiger partial charge in [0.2, 0.25) is 0 Å². The second-order valence-electron chi connectivity index (χ2n) is 4.86. The van der Waals surface area contributed by atoms with Crippen molar-refractivity contribution in [3.8, 4) is 0 Å². The summed E-state index contributed by atoms with van der Waals surface area (Å²) in [4.78, 5) is 4.87. The van der Waals surface area contributed by atoms with Crippen LogP contribution in [0.3, 0.4) is 0 Å². The Bertz CT molecular complexity index is 354. The Morgan fingerprint density at radius 1 is 1.06 bits per heavy atom. The highest BCUT2D eigenvalue weighted by atomic mass is 16.3. The van der Waals surface area contributed by atoms with E-state index in [1.165, 1.54) is 18.5 Å². The van der Waals surface area contributed by atoms with E-state index in [2.05, 4.69) is 29.0 Å². The van der Waals surface area contributed by atoms with E-state index in [-0.39, 0.29) is 6.61 Å². The maximum Gasteiger partial charge on any atom is 0.0685 e. The second kappa shape index (κ2) is 6.15. The molecule has 1 N–H and O–H groups in total. The van der Waals surface area contributed by atoms with E-state index >= 15 is 0 Å². The molecule has 0 saturated carbocycles. The quantitative estimate of drug-likeness (QED) is 0.854. The molecular weight excluding hydrogens is 212 g/mol. The first-order chi connectivity index (χ1) is 8.29. The monoisotopic (exact) mass is 234 g/mol. The van der Waals surface area contributed by atoms with Gasteiger partial charge in [-0.1, -0.05) is 24.3 Å². The number of rotatable bonds is 3. The third-order valence-electron chi connectivity index (χ3n) is 3.49. The van der Waals surface area contributed by atoms with Crippen LogP contribution in [0.2, 0.25) is 0 Å². The van der Waals surface area contributed by atoms with Gasteiger partial charge in [0.25, 0.3) is 0 Å². The fourth-order valence-electron chi connectivity index (χ4n) is 2.36. The molecule has 1 saturated heterocycles. The van der Waals surface area contributed by atoms with Crippen molar-refractivity contribution in [3.63, 3.8) is 0 Å². The van der Waals surface area contributed by atoms with Gasteiger partial charge in [0, 0.05) is 19.6 Å². The van der Waals surface area contributed by atoms with Crippen LogP contribution in [-0.4, -0.2) is 48.1 Å². The molecule has 0 unspecified atom stereocenters. The van der Waals surface area contributed by atoms with Crippen molar-refractivity contribution in [2.45, 2.75) is 19.6 Å². The van der Waals surface area contributed by atoms with Crippen LogP contribution in [0, 0.1) is 0 Å². The SMILES string of the molecule is CN1CCCN(Cc2ccccc2CO)CC1. The standard InChI is InChI=1S/C14H22N2O/c1-15-7-4-8-16(10-9-15)11-13-5-2-3-6-14(13)12-17/h2-3,5-6,17H,4,7-12H2,1H3. The largest absolute Gasteiger partial charge is 0.392 e. The van der Waals surface area contributed by atoms with Gasteiger partial charge < -0.3 is 10.0 Å². The molecule has 94 valence electrons. The fourth-order valence-corrected chi connectivity index (χ4v) is 2.36. The average molecular weight is 234 g/mol. The minimum absolute atomic E-state index is 0.143. The zero-order chi connectivity index (χ0) is 12.1. The minimum Gasteiger partial charge on any atom is -0.392 e. The molecule has 1 fully saturated rings. The van der Waals surface area contributed by atoms with Gasteiger partial charge in [-0.25, -0.2) is 0 Å². The van der Waals surface area contributed by atoms with Crippen LogP contribution < -0.4 is 0 Å². The highest BCUT2D eigenvalue weighted by molar-refractivity contribution is 5.26. The van der Waals surface area contributed by atoms with E-state index in [4.69, 9.17) is 0 Å². The molecule has 0 aliphatic carbocycles. The van der Waals surface area contributed by atoms with Gasteiger partial charge in [0.1, 0.15) is 0 Å². The van der Waals surface area contributed by atoms with Crippen LogP contribution in [0.25, 0.3) is 0 Å². The highest BCUT2D eigenvalue weighted by Crippen LogP contribution is 2.13. The van der Waals surface area contributed by atoms with Crippen molar-refractivity contribution in [3.05, 3.63) is 35.4 Å². The Morgan fingerprint density at radius 2 is 1.82 bits per heavy atom. The van der Waals surface area contributed by atoms with E-state index in [9.17, 15) is 5.11 Å². The lowest BCUT2D eigenvalue weighted by atomic mass is 10.1. The summed E-state index contributed by atoms with van der Waals surface area (Å²) >= 11 is 0. The summed E-state index contributed by atoms with van der Waals surface area (Å²) in [6.07, 6.45) is 1.23. The topological polar surface area (TPSA) is 26.7 Å². The van der Waals surface area contributed by atoms with Crippen LogP contribution in [0.5, 0.6) is 0 Å². The summed E-state index contributed by atoms with van der Waals surface area (Å²) in [5, 5.41) is 9.32. The normalized spacial score (nSPS) is 19.2. The maximum absolute atomic E-state index is 9.32. The Morgan fingerprint density at radius 3 is 2.59 bits per heavy atom. The first-order valence-corrected chi connectivity index (χ1v) is 6.38. The van der Waals surface area contributed by atoms with E-state index in [0.717, 1.165) is 31.7 Å². The zero-order valence-corrected chi connectivity index (χ0v) is 10.6. The third-order valence-corrected chi connectivity index (χ3v) is 3.49. The van der Waals surface area contributed by atoms with Gasteiger partial charge in [-0.3, -0.25) is 4.90 Å². The molecule has 0 atom stereocenters. The molecule has 3 nitrogen and oxygen atoms in total. The second-order valence-corrected chi connectivity index (χ2v) is 4.86. The lowest BCUT2D eigenvalue weighted by Crippen LogP contribution is -2.28. The van der Waals surface area contributed by atoms with Gasteiger partial charge in [0.15, 0.2) is 0 Å². The Kier molecular flexibility index (Phi) is 4.54. The van der Waals surface area contributed by atoms with Crippen molar-refractivity contribution >= 4 is 0 Å². The van der Waals surface area contributed by atoms with Crippen molar-refractivity contribution in [1.29, 1.82) is 0 Å². The number of benzene rings is 1. The number of nitrogens with zero attached hydrogens (tertiary/aromatic N) is 2. The summed E-state index contributed by atoms with van der Waals surface area (Å²) in [6, 6.07) is 8.18. The van der Waals surface area contributed by atoms with Gasteiger partial charge in [-0.2, -0.15) is 0 Å². The number of aliphatic hydroxyl groups is 1. The van der Waals surface area contributed by atoms with Crippen LogP contribution in [0.4, 0.5) is 0 Å². The number of hydrogen-bond donors (Lipinski definition) is 1. The molecule has 0 amide bonds. The van der Waals surface area contributed by atoms with Crippen LogP contribution >= 0.6 is 0 Å². The van der Waals surface area contributed by atoms with E-state index in [1.54, 1.807) is 0 Å². The molecule has 17 heavy (non-hydrogen) atoms. The van der Waals surface area contributed by atoms with Crippen molar-refractivity contribution in [1.82, 2.24) is 9.80 Å². The van der Waals surface area contributed by atoms with Crippen molar-refractivity contribution < 1.29 is 5.11 Å². The molecule has 1 aliphatic heterocycles. The summed E-state index contributed by atoms with van der Waals surface area (Å²) in [7, 11) is 2.19. The fraction of sp³-hybridized carbons (Fsp3) is 0.571. The van der Waals surface area contributed by atoms with Gasteiger partial charge >= 0.3 is 0 Å². The molecule has 3 heteroatoms.